The zero-order valence-corrected chi connectivity index (χ0v) is 15.8. The average molecular weight is 365 g/mol. The Morgan fingerprint density at radius 2 is 1.96 bits per heavy atom. The Morgan fingerprint density at radius 3 is 2.60 bits per heavy atom. The minimum atomic E-state index is -3.54. The maximum absolute atomic E-state index is 13.0. The lowest BCUT2D eigenvalue weighted by Gasteiger charge is -2.27. The van der Waals surface area contributed by atoms with E-state index in [9.17, 15) is 13.2 Å². The van der Waals surface area contributed by atoms with Gasteiger partial charge in [0.1, 0.15) is 0 Å². The number of nitrogens with one attached hydrogen (secondary N) is 1. The number of carbonyl (C=O) groups is 1. The van der Waals surface area contributed by atoms with Crippen LogP contribution in [0.5, 0.6) is 0 Å². The Labute approximate surface area is 150 Å². The van der Waals surface area contributed by atoms with E-state index in [1.165, 1.54) is 0 Å². The molecule has 2 saturated heterocycles. The molecular weight excluding hydrogens is 338 g/mol. The molecule has 6 nitrogen and oxygen atoms in total. The zero-order valence-electron chi connectivity index (χ0n) is 15.0. The Morgan fingerprint density at radius 1 is 1.24 bits per heavy atom. The van der Waals surface area contributed by atoms with Crippen LogP contribution in [-0.2, 0) is 10.0 Å². The molecule has 1 amide bonds. The molecule has 138 valence electrons. The predicted molar refractivity (Wildman–Crippen MR) is 97.2 cm³/mol. The number of carbonyl (C=O) groups excluding carboxylic acids is 1. The topological polar surface area (TPSA) is 69.7 Å². The van der Waals surface area contributed by atoms with Gasteiger partial charge in [-0.25, -0.2) is 8.42 Å². The maximum Gasteiger partial charge on any atom is 0.253 e. The second-order valence-corrected chi connectivity index (χ2v) is 8.91. The van der Waals surface area contributed by atoms with Crippen LogP contribution in [0.3, 0.4) is 0 Å². The van der Waals surface area contributed by atoms with Gasteiger partial charge in [-0.1, -0.05) is 12.5 Å². The van der Waals surface area contributed by atoms with Crippen molar-refractivity contribution in [1.82, 2.24) is 14.5 Å². The zero-order chi connectivity index (χ0) is 18.0. The standard InChI is InChI=1S/C18H27N3O3S/c1-14-6-7-15(18(22)20(2)16-8-9-19-13-16)12-17(14)25(23,24)21-10-4-3-5-11-21/h6-7,12,16,19H,3-5,8-11,13H2,1-2H3. The van der Waals surface area contributed by atoms with Crippen LogP contribution in [0.15, 0.2) is 23.1 Å². The van der Waals surface area contributed by atoms with Crippen LogP contribution < -0.4 is 5.32 Å². The summed E-state index contributed by atoms with van der Waals surface area (Å²) in [6, 6.07) is 5.19. The van der Waals surface area contributed by atoms with Crippen molar-refractivity contribution in [2.24, 2.45) is 0 Å². The summed E-state index contributed by atoms with van der Waals surface area (Å²) in [4.78, 5) is 14.8. The van der Waals surface area contributed by atoms with Crippen molar-refractivity contribution in [2.45, 2.75) is 43.5 Å². The first-order valence-corrected chi connectivity index (χ1v) is 10.4. The number of amides is 1. The van der Waals surface area contributed by atoms with Crippen LogP contribution in [0.2, 0.25) is 0 Å². The number of benzene rings is 1. The first-order chi connectivity index (χ1) is 11.9. The third-order valence-corrected chi connectivity index (χ3v) is 7.31. The van der Waals surface area contributed by atoms with Gasteiger partial charge in [0.2, 0.25) is 10.0 Å². The molecule has 0 spiro atoms. The van der Waals surface area contributed by atoms with Gasteiger partial charge in [-0.15, -0.1) is 0 Å². The molecule has 2 fully saturated rings. The van der Waals surface area contributed by atoms with E-state index in [1.54, 1.807) is 41.4 Å². The fraction of sp³-hybridized carbons (Fsp3) is 0.611. The number of aryl methyl sites for hydroxylation is 1. The highest BCUT2D eigenvalue weighted by molar-refractivity contribution is 7.89. The van der Waals surface area contributed by atoms with Crippen molar-refractivity contribution in [2.75, 3.05) is 33.2 Å². The number of piperidine rings is 1. The van der Waals surface area contributed by atoms with E-state index in [0.29, 0.717) is 24.2 Å². The highest BCUT2D eigenvalue weighted by Gasteiger charge is 2.29. The molecule has 1 atom stereocenters. The molecule has 7 heteroatoms. The molecule has 0 aromatic heterocycles. The van der Waals surface area contributed by atoms with Crippen molar-refractivity contribution in [3.63, 3.8) is 0 Å². The maximum atomic E-state index is 13.0. The largest absolute Gasteiger partial charge is 0.337 e. The summed E-state index contributed by atoms with van der Waals surface area (Å²) < 4.78 is 27.6. The third kappa shape index (κ3) is 3.73. The SMILES string of the molecule is Cc1ccc(C(=O)N(C)C2CCNC2)cc1S(=O)(=O)N1CCCCC1. The van der Waals surface area contributed by atoms with Gasteiger partial charge in [-0.3, -0.25) is 4.79 Å². The van der Waals surface area contributed by atoms with Crippen LogP contribution in [0.25, 0.3) is 0 Å². The summed E-state index contributed by atoms with van der Waals surface area (Å²) in [6.45, 7) is 4.61. The monoisotopic (exact) mass is 365 g/mol. The summed E-state index contributed by atoms with van der Waals surface area (Å²) in [5.41, 5.74) is 1.13. The van der Waals surface area contributed by atoms with Crippen molar-refractivity contribution in [3.05, 3.63) is 29.3 Å². The predicted octanol–water partition coefficient (Wildman–Crippen LogP) is 1.60. The van der Waals surface area contributed by atoms with Crippen molar-refractivity contribution >= 4 is 15.9 Å². The summed E-state index contributed by atoms with van der Waals surface area (Å²) in [6.07, 6.45) is 3.79. The van der Waals surface area contributed by atoms with E-state index in [-0.39, 0.29) is 16.8 Å². The Kier molecular flexibility index (Phi) is 5.46. The second kappa shape index (κ2) is 7.43. The number of hydrogen-bond acceptors (Lipinski definition) is 4. The van der Waals surface area contributed by atoms with Gasteiger partial charge in [0.25, 0.3) is 5.91 Å². The first kappa shape index (κ1) is 18.4. The quantitative estimate of drug-likeness (QED) is 0.880. The Bertz CT molecular complexity index is 736. The summed E-state index contributed by atoms with van der Waals surface area (Å²) >= 11 is 0. The van der Waals surface area contributed by atoms with E-state index in [1.807, 2.05) is 0 Å². The number of sulfonamides is 1. The van der Waals surface area contributed by atoms with Gasteiger partial charge in [0, 0.05) is 38.3 Å². The molecule has 1 aromatic rings. The summed E-state index contributed by atoms with van der Waals surface area (Å²) in [5.74, 6) is -0.121. The molecular formula is C18H27N3O3S. The van der Waals surface area contributed by atoms with E-state index in [2.05, 4.69) is 5.32 Å². The van der Waals surface area contributed by atoms with Crippen molar-refractivity contribution in [1.29, 1.82) is 0 Å². The molecule has 0 saturated carbocycles. The normalized spacial score (nSPS) is 22.1. The van der Waals surface area contributed by atoms with Gasteiger partial charge in [0.15, 0.2) is 0 Å². The lowest BCUT2D eigenvalue weighted by atomic mass is 10.1. The van der Waals surface area contributed by atoms with Crippen LogP contribution in [0, 0.1) is 6.92 Å². The smallest absolute Gasteiger partial charge is 0.253 e. The van der Waals surface area contributed by atoms with Gasteiger partial charge < -0.3 is 10.2 Å². The summed E-state index contributed by atoms with van der Waals surface area (Å²) in [7, 11) is -1.75. The van der Waals surface area contributed by atoms with Crippen molar-refractivity contribution in [3.8, 4) is 0 Å². The molecule has 3 rings (SSSR count). The molecule has 0 radical (unpaired) electrons. The lowest BCUT2D eigenvalue weighted by molar-refractivity contribution is 0.0743. The molecule has 1 N–H and O–H groups in total. The van der Waals surface area contributed by atoms with Gasteiger partial charge in [0.05, 0.1) is 4.90 Å². The Hall–Kier alpha value is -1.44. The fourth-order valence-corrected chi connectivity index (χ4v) is 5.36. The van der Waals surface area contributed by atoms with E-state index in [0.717, 1.165) is 38.8 Å². The molecule has 0 bridgehead atoms. The van der Waals surface area contributed by atoms with Gasteiger partial charge >= 0.3 is 0 Å². The molecule has 25 heavy (non-hydrogen) atoms. The summed E-state index contributed by atoms with van der Waals surface area (Å²) in [5, 5.41) is 3.25. The lowest BCUT2D eigenvalue weighted by Crippen LogP contribution is -2.39. The van der Waals surface area contributed by atoms with Crippen LogP contribution in [0.4, 0.5) is 0 Å². The van der Waals surface area contributed by atoms with E-state index < -0.39 is 10.0 Å². The number of rotatable bonds is 4. The molecule has 0 aliphatic carbocycles. The molecule has 2 aliphatic rings. The minimum absolute atomic E-state index is 0.121. The highest BCUT2D eigenvalue weighted by atomic mass is 32.2. The number of likely N-dealkylation sites (N-methyl/N-ethyl adjacent to an activating group) is 1. The van der Waals surface area contributed by atoms with Crippen molar-refractivity contribution < 1.29 is 13.2 Å². The molecule has 1 unspecified atom stereocenters. The minimum Gasteiger partial charge on any atom is -0.337 e. The average Bonchev–Trinajstić information content (AvgIpc) is 3.16. The third-order valence-electron chi connectivity index (χ3n) is 5.27. The molecule has 2 heterocycles. The van der Waals surface area contributed by atoms with Crippen LogP contribution in [-0.4, -0.2) is 62.8 Å². The number of hydrogen-bond donors (Lipinski definition) is 1. The van der Waals surface area contributed by atoms with Crippen LogP contribution in [0.1, 0.15) is 41.6 Å². The number of nitrogens with zero attached hydrogens (tertiary/aromatic N) is 2. The van der Waals surface area contributed by atoms with E-state index in [4.69, 9.17) is 0 Å². The highest BCUT2D eigenvalue weighted by Crippen LogP contribution is 2.25. The van der Waals surface area contributed by atoms with E-state index >= 15 is 0 Å². The second-order valence-electron chi connectivity index (χ2n) is 7.01. The molecule has 2 aliphatic heterocycles. The van der Waals surface area contributed by atoms with Gasteiger partial charge in [-0.2, -0.15) is 4.31 Å². The fourth-order valence-electron chi connectivity index (χ4n) is 3.59. The van der Waals surface area contributed by atoms with Crippen LogP contribution >= 0.6 is 0 Å². The Balaban J connectivity index is 1.88. The molecule has 1 aromatic carbocycles. The first-order valence-electron chi connectivity index (χ1n) is 9.00. The van der Waals surface area contributed by atoms with Gasteiger partial charge in [-0.05, 0) is 50.4 Å².